The number of fused-ring (bicyclic) bond motifs is 2. The first-order valence-corrected chi connectivity index (χ1v) is 11.1. The van der Waals surface area contributed by atoms with Crippen molar-refractivity contribution in [1.82, 2.24) is 23.5 Å². The summed E-state index contributed by atoms with van der Waals surface area (Å²) in [5.41, 5.74) is 4.67. The molecule has 2 N–H and O–H groups in total. The van der Waals surface area contributed by atoms with Gasteiger partial charge in [-0.15, -0.1) is 0 Å². The summed E-state index contributed by atoms with van der Waals surface area (Å²) >= 11 is 1.19. The van der Waals surface area contributed by atoms with Crippen LogP contribution in [0.1, 0.15) is 5.56 Å². The average Bonchev–Trinajstić information content (AvgIpc) is 3.43. The van der Waals surface area contributed by atoms with E-state index in [0.717, 1.165) is 67.1 Å². The van der Waals surface area contributed by atoms with Gasteiger partial charge in [0.15, 0.2) is 0 Å². The van der Waals surface area contributed by atoms with Gasteiger partial charge >= 0.3 is 6.03 Å². The maximum absolute atomic E-state index is 12.3. The quantitative estimate of drug-likeness (QED) is 0.485. The van der Waals surface area contributed by atoms with Gasteiger partial charge in [0, 0.05) is 55.5 Å². The first kappa shape index (κ1) is 19.9. The molecular formula is C22H24N6O2S. The molecule has 0 radical (unpaired) electrons. The van der Waals surface area contributed by atoms with Crippen molar-refractivity contribution in [3.8, 4) is 0 Å². The Hall–Kier alpha value is -3.01. The molecule has 160 valence electrons. The molecule has 3 heterocycles. The number of nitrogens with zero attached hydrogens (tertiary/aromatic N) is 4. The van der Waals surface area contributed by atoms with Crippen LogP contribution in [0.4, 0.5) is 10.5 Å². The molecular weight excluding hydrogens is 412 g/mol. The highest BCUT2D eigenvalue weighted by Crippen LogP contribution is 2.21. The fourth-order valence-electron chi connectivity index (χ4n) is 3.84. The smallest absolute Gasteiger partial charge is 0.319 e. The molecule has 2 aromatic heterocycles. The van der Waals surface area contributed by atoms with Crippen LogP contribution in [0.5, 0.6) is 0 Å². The maximum atomic E-state index is 12.3. The van der Waals surface area contributed by atoms with Crippen molar-refractivity contribution in [2.45, 2.75) is 13.1 Å². The van der Waals surface area contributed by atoms with E-state index in [2.05, 4.69) is 47.2 Å². The Morgan fingerprint density at radius 1 is 1.03 bits per heavy atom. The van der Waals surface area contributed by atoms with E-state index in [4.69, 9.17) is 4.74 Å². The van der Waals surface area contributed by atoms with Gasteiger partial charge in [-0.05, 0) is 42.0 Å². The predicted molar refractivity (Wildman–Crippen MR) is 122 cm³/mol. The second-order valence-electron chi connectivity index (χ2n) is 7.63. The van der Waals surface area contributed by atoms with Crippen molar-refractivity contribution in [1.29, 1.82) is 0 Å². The Morgan fingerprint density at radius 3 is 2.81 bits per heavy atom. The Bertz CT molecular complexity index is 1200. The summed E-state index contributed by atoms with van der Waals surface area (Å²) in [6, 6.07) is 13.7. The Balaban J connectivity index is 1.17. The molecule has 0 aliphatic carbocycles. The van der Waals surface area contributed by atoms with Gasteiger partial charge < -0.3 is 19.9 Å². The van der Waals surface area contributed by atoms with Gasteiger partial charge in [-0.2, -0.15) is 8.75 Å². The molecule has 0 atom stereocenters. The third kappa shape index (κ3) is 4.68. The lowest BCUT2D eigenvalue weighted by Crippen LogP contribution is -2.38. The van der Waals surface area contributed by atoms with E-state index in [9.17, 15) is 4.79 Å². The standard InChI is InChI=1S/C22H24N6O2S/c29-22(23-15-16-1-3-19-20(13-16)26-31-25-19)24-18-2-4-21-17(14-18)5-6-28(21)8-7-27-9-11-30-12-10-27/h1-6,13-14H,7-12,15H2,(H2,23,24,29). The summed E-state index contributed by atoms with van der Waals surface area (Å²) in [5.74, 6) is 0. The summed E-state index contributed by atoms with van der Waals surface area (Å²) in [4.78, 5) is 14.8. The predicted octanol–water partition coefficient (Wildman–Crippen LogP) is 3.30. The Kier molecular flexibility index (Phi) is 5.79. The van der Waals surface area contributed by atoms with Crippen LogP contribution in [0.2, 0.25) is 0 Å². The first-order valence-electron chi connectivity index (χ1n) is 10.4. The van der Waals surface area contributed by atoms with Crippen molar-refractivity contribution in [2.75, 3.05) is 38.2 Å². The summed E-state index contributed by atoms with van der Waals surface area (Å²) < 4.78 is 16.1. The van der Waals surface area contributed by atoms with Crippen LogP contribution in [-0.4, -0.2) is 57.1 Å². The van der Waals surface area contributed by atoms with Gasteiger partial charge in [-0.3, -0.25) is 4.90 Å². The lowest BCUT2D eigenvalue weighted by Gasteiger charge is -2.26. The van der Waals surface area contributed by atoms with Gasteiger partial charge in [0.25, 0.3) is 0 Å². The molecule has 0 bridgehead atoms. The number of rotatable bonds is 6. The largest absolute Gasteiger partial charge is 0.379 e. The Labute approximate surface area is 184 Å². The number of ether oxygens (including phenoxy) is 1. The number of carbonyl (C=O) groups excluding carboxylic acids is 1. The molecule has 31 heavy (non-hydrogen) atoms. The second kappa shape index (κ2) is 9.01. The van der Waals surface area contributed by atoms with E-state index in [1.54, 1.807) is 0 Å². The van der Waals surface area contributed by atoms with E-state index < -0.39 is 0 Å². The van der Waals surface area contributed by atoms with Crippen molar-refractivity contribution in [3.63, 3.8) is 0 Å². The number of aromatic nitrogens is 3. The molecule has 9 heteroatoms. The van der Waals surface area contributed by atoms with Crippen molar-refractivity contribution < 1.29 is 9.53 Å². The minimum absolute atomic E-state index is 0.234. The highest BCUT2D eigenvalue weighted by atomic mass is 32.1. The van der Waals surface area contributed by atoms with Crippen LogP contribution in [0.15, 0.2) is 48.7 Å². The molecule has 4 aromatic rings. The van der Waals surface area contributed by atoms with Crippen molar-refractivity contribution >= 4 is 45.4 Å². The SMILES string of the molecule is O=C(NCc1ccc2nsnc2c1)Nc1ccc2c(ccn2CCN2CCOCC2)c1. The fourth-order valence-corrected chi connectivity index (χ4v) is 4.36. The molecule has 1 aliphatic rings. The molecule has 1 aliphatic heterocycles. The normalized spacial score (nSPS) is 14.8. The van der Waals surface area contributed by atoms with Crippen LogP contribution < -0.4 is 10.6 Å². The molecule has 1 fully saturated rings. The maximum Gasteiger partial charge on any atom is 0.319 e. The second-order valence-corrected chi connectivity index (χ2v) is 8.16. The molecule has 0 saturated carbocycles. The number of benzene rings is 2. The minimum Gasteiger partial charge on any atom is -0.379 e. The zero-order valence-corrected chi connectivity index (χ0v) is 17.9. The van der Waals surface area contributed by atoms with E-state index in [1.165, 1.54) is 17.2 Å². The highest BCUT2D eigenvalue weighted by Gasteiger charge is 2.11. The Morgan fingerprint density at radius 2 is 1.90 bits per heavy atom. The summed E-state index contributed by atoms with van der Waals surface area (Å²) in [6.07, 6.45) is 2.11. The highest BCUT2D eigenvalue weighted by molar-refractivity contribution is 7.00. The van der Waals surface area contributed by atoms with Crippen LogP contribution >= 0.6 is 11.7 Å². The van der Waals surface area contributed by atoms with Gasteiger partial charge in [0.05, 0.1) is 24.9 Å². The molecule has 8 nitrogen and oxygen atoms in total. The minimum atomic E-state index is -0.234. The van der Waals surface area contributed by atoms with Crippen LogP contribution in [0, 0.1) is 0 Å². The molecule has 1 saturated heterocycles. The van der Waals surface area contributed by atoms with E-state index in [0.29, 0.717) is 6.54 Å². The van der Waals surface area contributed by atoms with Crippen LogP contribution in [-0.2, 0) is 17.8 Å². The van der Waals surface area contributed by atoms with Gasteiger partial charge in [-0.25, -0.2) is 4.79 Å². The van der Waals surface area contributed by atoms with E-state index >= 15 is 0 Å². The van der Waals surface area contributed by atoms with Crippen molar-refractivity contribution in [2.24, 2.45) is 0 Å². The molecule has 0 unspecified atom stereocenters. The summed E-state index contributed by atoms with van der Waals surface area (Å²) in [5, 5.41) is 6.93. The van der Waals surface area contributed by atoms with E-state index in [-0.39, 0.29) is 6.03 Å². The molecule has 5 rings (SSSR count). The fraction of sp³-hybridized carbons (Fsp3) is 0.318. The number of carbonyl (C=O) groups is 1. The van der Waals surface area contributed by atoms with Gasteiger partial charge in [0.1, 0.15) is 11.0 Å². The zero-order valence-electron chi connectivity index (χ0n) is 17.1. The lowest BCUT2D eigenvalue weighted by molar-refractivity contribution is 0.0365. The molecule has 2 amide bonds. The number of morpholine rings is 1. The number of nitrogens with one attached hydrogen (secondary N) is 2. The average molecular weight is 437 g/mol. The molecule has 2 aromatic carbocycles. The van der Waals surface area contributed by atoms with Gasteiger partial charge in [0.2, 0.25) is 0 Å². The monoisotopic (exact) mass is 436 g/mol. The summed E-state index contributed by atoms with van der Waals surface area (Å²) in [7, 11) is 0. The third-order valence-electron chi connectivity index (χ3n) is 5.56. The van der Waals surface area contributed by atoms with E-state index in [1.807, 2.05) is 30.3 Å². The number of hydrogen-bond acceptors (Lipinski definition) is 6. The number of amides is 2. The lowest BCUT2D eigenvalue weighted by atomic mass is 10.2. The zero-order chi connectivity index (χ0) is 21.0. The number of urea groups is 1. The molecule has 0 spiro atoms. The third-order valence-corrected chi connectivity index (χ3v) is 6.12. The van der Waals surface area contributed by atoms with Gasteiger partial charge in [-0.1, -0.05) is 6.07 Å². The first-order chi connectivity index (χ1) is 15.2. The summed E-state index contributed by atoms with van der Waals surface area (Å²) in [6.45, 7) is 6.02. The van der Waals surface area contributed by atoms with Crippen molar-refractivity contribution in [3.05, 3.63) is 54.2 Å². The van der Waals surface area contributed by atoms with Crippen LogP contribution in [0.3, 0.4) is 0 Å². The van der Waals surface area contributed by atoms with Crippen LogP contribution in [0.25, 0.3) is 21.9 Å². The number of hydrogen-bond donors (Lipinski definition) is 2. The topological polar surface area (TPSA) is 84.3 Å². The number of anilines is 1.